The molecule has 0 saturated carbocycles. The molecule has 0 radical (unpaired) electrons. The fraction of sp³-hybridized carbons (Fsp3) is 0.357. The van der Waals surface area contributed by atoms with E-state index in [2.05, 4.69) is 57.6 Å². The van der Waals surface area contributed by atoms with Crippen LogP contribution in [0.1, 0.15) is 22.6 Å². The first-order valence-electron chi connectivity index (χ1n) is 6.30. The molecule has 0 spiro atoms. The molecule has 0 aromatic carbocycles. The maximum atomic E-state index is 4.24. The summed E-state index contributed by atoms with van der Waals surface area (Å²) in [5.41, 5.74) is 0. The first-order valence-corrected chi connectivity index (χ1v) is 8.06. The third-order valence-corrected chi connectivity index (χ3v) is 4.82. The number of nitrogens with zero attached hydrogens (tertiary/aromatic N) is 1. The molecule has 2 aromatic rings. The van der Waals surface area contributed by atoms with Gasteiger partial charge in [0.1, 0.15) is 0 Å². The minimum atomic E-state index is 0.500. The van der Waals surface area contributed by atoms with Crippen LogP contribution in [0, 0.1) is 0 Å². The molecule has 2 heterocycles. The second kappa shape index (κ2) is 7.31. The van der Waals surface area contributed by atoms with Crippen molar-refractivity contribution in [1.82, 2.24) is 10.6 Å². The Morgan fingerprint density at radius 2 is 2.00 bits per heavy atom. The number of aliphatic imine (C=N–C) groups is 1. The lowest BCUT2D eigenvalue weighted by Gasteiger charge is -2.14. The lowest BCUT2D eigenvalue weighted by Crippen LogP contribution is -2.38. The summed E-state index contributed by atoms with van der Waals surface area (Å²) in [5.74, 6) is 1.36. The predicted octanol–water partition coefficient (Wildman–Crippen LogP) is 3.28. The Balaban J connectivity index is 1.76. The highest BCUT2D eigenvalue weighted by atomic mass is 32.1. The first kappa shape index (κ1) is 14.1. The number of hydrogen-bond acceptors (Lipinski definition) is 3. The van der Waals surface area contributed by atoms with Crippen molar-refractivity contribution < 1.29 is 0 Å². The maximum absolute atomic E-state index is 4.24. The number of rotatable bonds is 5. The molecule has 1 atom stereocenters. The minimum absolute atomic E-state index is 0.500. The van der Waals surface area contributed by atoms with Crippen LogP contribution in [0.2, 0.25) is 0 Å². The van der Waals surface area contributed by atoms with Gasteiger partial charge in [-0.15, -0.1) is 22.7 Å². The monoisotopic (exact) mass is 293 g/mol. The van der Waals surface area contributed by atoms with Gasteiger partial charge in [0.25, 0.3) is 0 Å². The second-order valence-electron chi connectivity index (χ2n) is 4.30. The molecular weight excluding hydrogens is 274 g/mol. The van der Waals surface area contributed by atoms with Gasteiger partial charge in [-0.2, -0.15) is 0 Å². The van der Waals surface area contributed by atoms with Crippen molar-refractivity contribution >= 4 is 28.6 Å². The van der Waals surface area contributed by atoms with Crippen molar-refractivity contribution in [2.75, 3.05) is 13.6 Å². The fourth-order valence-corrected chi connectivity index (χ4v) is 3.16. The molecular formula is C14H19N3S2. The van der Waals surface area contributed by atoms with Gasteiger partial charge < -0.3 is 10.6 Å². The molecule has 1 unspecified atom stereocenters. The summed E-state index contributed by atoms with van der Waals surface area (Å²) in [6, 6.07) is 8.47. The summed E-state index contributed by atoms with van der Waals surface area (Å²) in [5, 5.41) is 10.9. The van der Waals surface area contributed by atoms with Crippen molar-refractivity contribution in [3.05, 3.63) is 44.8 Å². The van der Waals surface area contributed by atoms with Gasteiger partial charge in [-0.1, -0.05) is 19.1 Å². The van der Waals surface area contributed by atoms with Gasteiger partial charge in [0, 0.05) is 29.3 Å². The molecule has 2 rings (SSSR count). The molecule has 0 amide bonds. The molecule has 2 aromatic heterocycles. The van der Waals surface area contributed by atoms with Crippen LogP contribution in [0.25, 0.3) is 0 Å². The van der Waals surface area contributed by atoms with Crippen LogP contribution in [0.4, 0.5) is 0 Å². The third kappa shape index (κ3) is 4.36. The Labute approximate surface area is 122 Å². The van der Waals surface area contributed by atoms with Gasteiger partial charge >= 0.3 is 0 Å². The van der Waals surface area contributed by atoms with E-state index in [0.29, 0.717) is 5.92 Å². The predicted molar refractivity (Wildman–Crippen MR) is 85.3 cm³/mol. The molecule has 0 saturated heterocycles. The Kier molecular flexibility index (Phi) is 5.42. The van der Waals surface area contributed by atoms with Gasteiger partial charge in [-0.3, -0.25) is 4.99 Å². The van der Waals surface area contributed by atoms with E-state index in [1.807, 2.05) is 0 Å². The largest absolute Gasteiger partial charge is 0.356 e. The average Bonchev–Trinajstić information content (AvgIpc) is 3.11. The van der Waals surface area contributed by atoms with Crippen LogP contribution in [-0.2, 0) is 6.54 Å². The molecule has 5 heteroatoms. The SMILES string of the molecule is CN=C(NCc1cccs1)NCC(C)c1cccs1. The van der Waals surface area contributed by atoms with Crippen LogP contribution in [0.15, 0.2) is 40.0 Å². The summed E-state index contributed by atoms with van der Waals surface area (Å²) < 4.78 is 0. The van der Waals surface area contributed by atoms with E-state index in [1.165, 1.54) is 9.75 Å². The third-order valence-electron chi connectivity index (χ3n) is 2.84. The maximum Gasteiger partial charge on any atom is 0.191 e. The van der Waals surface area contributed by atoms with Crippen LogP contribution in [0.5, 0.6) is 0 Å². The van der Waals surface area contributed by atoms with Crippen molar-refractivity contribution in [2.45, 2.75) is 19.4 Å². The van der Waals surface area contributed by atoms with Gasteiger partial charge in [0.05, 0.1) is 6.54 Å². The molecule has 0 bridgehead atoms. The smallest absolute Gasteiger partial charge is 0.191 e. The Morgan fingerprint density at radius 1 is 1.21 bits per heavy atom. The minimum Gasteiger partial charge on any atom is -0.356 e. The lowest BCUT2D eigenvalue weighted by molar-refractivity contribution is 0.709. The van der Waals surface area contributed by atoms with E-state index in [4.69, 9.17) is 0 Å². The Morgan fingerprint density at radius 3 is 2.63 bits per heavy atom. The highest BCUT2D eigenvalue weighted by molar-refractivity contribution is 7.10. The van der Waals surface area contributed by atoms with Gasteiger partial charge in [0.2, 0.25) is 0 Å². The molecule has 0 fully saturated rings. The number of hydrogen-bond donors (Lipinski definition) is 2. The van der Waals surface area contributed by atoms with Gasteiger partial charge in [-0.05, 0) is 22.9 Å². The van der Waals surface area contributed by atoms with Crippen molar-refractivity contribution in [3.63, 3.8) is 0 Å². The van der Waals surface area contributed by atoms with Crippen LogP contribution in [-0.4, -0.2) is 19.6 Å². The second-order valence-corrected chi connectivity index (χ2v) is 6.31. The molecule has 102 valence electrons. The molecule has 0 aliphatic heterocycles. The van der Waals surface area contributed by atoms with E-state index in [-0.39, 0.29) is 0 Å². The normalized spacial score (nSPS) is 13.3. The zero-order valence-electron chi connectivity index (χ0n) is 11.2. The van der Waals surface area contributed by atoms with Crippen molar-refractivity contribution in [2.24, 2.45) is 4.99 Å². The van der Waals surface area contributed by atoms with E-state index >= 15 is 0 Å². The van der Waals surface area contributed by atoms with Crippen LogP contribution in [0.3, 0.4) is 0 Å². The first-order chi connectivity index (χ1) is 9.29. The zero-order valence-corrected chi connectivity index (χ0v) is 12.9. The summed E-state index contributed by atoms with van der Waals surface area (Å²) in [6.07, 6.45) is 0. The quantitative estimate of drug-likeness (QED) is 0.655. The summed E-state index contributed by atoms with van der Waals surface area (Å²) in [4.78, 5) is 6.96. The number of guanidine groups is 1. The molecule has 0 aliphatic carbocycles. The number of nitrogens with one attached hydrogen (secondary N) is 2. The summed E-state index contributed by atoms with van der Waals surface area (Å²) in [6.45, 7) is 3.95. The van der Waals surface area contributed by atoms with E-state index in [9.17, 15) is 0 Å². The van der Waals surface area contributed by atoms with E-state index < -0.39 is 0 Å². The van der Waals surface area contributed by atoms with Crippen molar-refractivity contribution in [1.29, 1.82) is 0 Å². The standard InChI is InChI=1S/C14H19N3S2/c1-11(13-6-4-8-19-13)9-16-14(15-2)17-10-12-5-3-7-18-12/h3-8,11H,9-10H2,1-2H3,(H2,15,16,17). The molecule has 2 N–H and O–H groups in total. The summed E-state index contributed by atoms with van der Waals surface area (Å²) >= 11 is 3.56. The van der Waals surface area contributed by atoms with E-state index in [0.717, 1.165) is 19.0 Å². The fourth-order valence-electron chi connectivity index (χ4n) is 1.73. The van der Waals surface area contributed by atoms with Gasteiger partial charge in [-0.25, -0.2) is 0 Å². The van der Waals surface area contributed by atoms with Crippen LogP contribution < -0.4 is 10.6 Å². The molecule has 3 nitrogen and oxygen atoms in total. The van der Waals surface area contributed by atoms with Crippen LogP contribution >= 0.6 is 22.7 Å². The van der Waals surface area contributed by atoms with Crippen molar-refractivity contribution in [3.8, 4) is 0 Å². The van der Waals surface area contributed by atoms with E-state index in [1.54, 1.807) is 29.7 Å². The lowest BCUT2D eigenvalue weighted by atomic mass is 10.1. The number of thiophene rings is 2. The molecule has 19 heavy (non-hydrogen) atoms. The van der Waals surface area contributed by atoms with Gasteiger partial charge in [0.15, 0.2) is 5.96 Å². The topological polar surface area (TPSA) is 36.4 Å². The Bertz CT molecular complexity index is 489. The average molecular weight is 293 g/mol. The summed E-state index contributed by atoms with van der Waals surface area (Å²) in [7, 11) is 1.81. The Hall–Kier alpha value is -1.33. The zero-order chi connectivity index (χ0) is 13.5. The highest BCUT2D eigenvalue weighted by Crippen LogP contribution is 2.19. The molecule has 0 aliphatic rings. The highest BCUT2D eigenvalue weighted by Gasteiger charge is 2.07.